The van der Waals surface area contributed by atoms with E-state index in [0.717, 1.165) is 28.5 Å². The van der Waals surface area contributed by atoms with Crippen LogP contribution in [0.25, 0.3) is 0 Å². The SMILES string of the molecule is CC(=O)N[C@H]1[C@@H](OCc2ccccc2)O[C@@H]2COC(C)(C)O[C@H]2[C@@H]1C[C@@H](O[Si](C)(C)C(C)(C)C)[C@@H](C[C@@H]1O[C@@H](C)[C@@H](OCc2ccccc2)[C@@H](OCc2ccccc2)[C@@H]1OCc1ccccc1)[C@@H](O)CCOS(C)(=O)=O. The van der Waals surface area contributed by atoms with Crippen molar-refractivity contribution in [1.82, 2.24) is 5.32 Å². The first-order chi connectivity index (χ1) is 36.1. The number of fused-ring (bicyclic) bond motifs is 1. The Kier molecular flexibility index (Phi) is 21.1. The summed E-state index contributed by atoms with van der Waals surface area (Å²) in [6, 6.07) is 38.8. The lowest BCUT2D eigenvalue weighted by Crippen LogP contribution is -2.66. The third kappa shape index (κ3) is 17.0. The zero-order valence-electron chi connectivity index (χ0n) is 46.1. The standard InChI is InChI=1S/C59H83NO14SSi/c1-40-53(65-35-42-23-15-11-16-24-42)56(67-37-44-27-19-13-20-28-44)55(66-36-43-25-17-12-18-26-43)50(71-40)33-46(48(62)31-32-70-75(8,63)64)49(74-76(9,10)58(3,4)5)34-47-52(60-41(2)61)57(68-38-45-29-21-14-22-30-45)72-51-39-69-59(6,7)73-54(47)51/h11-30,40,46-57,62H,31-39H2,1-10H3,(H,60,61)/t40-,46-,47+,48-,49+,50-,51+,52+,53+,54-,55+,56+,57-/m0/s1. The van der Waals surface area contributed by atoms with Crippen molar-refractivity contribution in [2.75, 3.05) is 19.5 Å². The van der Waals surface area contributed by atoms with Crippen LogP contribution in [-0.4, -0.2) is 120 Å². The molecule has 3 heterocycles. The molecule has 1 amide bonds. The van der Waals surface area contributed by atoms with Gasteiger partial charge in [0.25, 0.3) is 10.1 Å². The van der Waals surface area contributed by atoms with E-state index in [2.05, 4.69) is 39.2 Å². The summed E-state index contributed by atoms with van der Waals surface area (Å²) < 4.78 is 92.3. The number of ether oxygens (including phenoxy) is 8. The summed E-state index contributed by atoms with van der Waals surface area (Å²) in [6.45, 7) is 18.9. The Hall–Kier alpha value is -3.92. The molecule has 4 aromatic carbocycles. The molecule has 15 nitrogen and oxygen atoms in total. The second-order valence-electron chi connectivity index (χ2n) is 22.6. The lowest BCUT2D eigenvalue weighted by molar-refractivity contribution is -0.365. The molecule has 0 aliphatic carbocycles. The van der Waals surface area contributed by atoms with Crippen molar-refractivity contribution in [2.24, 2.45) is 11.8 Å². The van der Waals surface area contributed by atoms with Crippen LogP contribution in [0.3, 0.4) is 0 Å². The van der Waals surface area contributed by atoms with Gasteiger partial charge in [-0.3, -0.25) is 8.98 Å². The topological polar surface area (TPSA) is 176 Å². The molecule has 418 valence electrons. The Morgan fingerprint density at radius 3 is 1.72 bits per heavy atom. The average Bonchev–Trinajstić information content (AvgIpc) is 3.36. The van der Waals surface area contributed by atoms with Crippen LogP contribution in [0.4, 0.5) is 0 Å². The molecular formula is C59H83NO14SSi. The third-order valence-corrected chi connectivity index (χ3v) is 20.3. The van der Waals surface area contributed by atoms with Crippen molar-refractivity contribution in [3.8, 4) is 0 Å². The second kappa shape index (κ2) is 26.8. The molecule has 2 N–H and O–H groups in total. The van der Waals surface area contributed by atoms with Gasteiger partial charge in [-0.25, -0.2) is 0 Å². The molecule has 17 heteroatoms. The molecule has 0 aromatic heterocycles. The number of hydrogen-bond acceptors (Lipinski definition) is 14. The molecule has 0 unspecified atom stereocenters. The number of amides is 1. The quantitative estimate of drug-likeness (QED) is 0.0474. The molecular weight excluding hydrogens is 1010 g/mol. The van der Waals surface area contributed by atoms with Gasteiger partial charge < -0.3 is 52.7 Å². The Morgan fingerprint density at radius 1 is 0.750 bits per heavy atom. The van der Waals surface area contributed by atoms with E-state index in [9.17, 15) is 18.3 Å². The van der Waals surface area contributed by atoms with Crippen LogP contribution in [0, 0.1) is 11.8 Å². The van der Waals surface area contributed by atoms with Crippen LogP contribution in [-0.2, 0) is 87.8 Å². The number of aliphatic hydroxyl groups is 1. The molecule has 0 saturated carbocycles. The first kappa shape index (κ1) is 59.7. The monoisotopic (exact) mass is 1090 g/mol. The minimum Gasteiger partial charge on any atom is -0.414 e. The maximum Gasteiger partial charge on any atom is 0.264 e. The third-order valence-electron chi connectivity index (χ3n) is 15.2. The van der Waals surface area contributed by atoms with E-state index in [4.69, 9.17) is 46.5 Å². The second-order valence-corrected chi connectivity index (χ2v) is 29.0. The van der Waals surface area contributed by atoms with Crippen LogP contribution < -0.4 is 5.32 Å². The van der Waals surface area contributed by atoms with Gasteiger partial charge in [0.1, 0.15) is 24.4 Å². The minimum absolute atomic E-state index is 0.0567. The number of aliphatic hydroxyl groups excluding tert-OH is 1. The van der Waals surface area contributed by atoms with Gasteiger partial charge in [0.05, 0.1) is 82.5 Å². The summed E-state index contributed by atoms with van der Waals surface area (Å²) in [5, 5.41) is 15.8. The molecule has 7 rings (SSSR count). The highest BCUT2D eigenvalue weighted by molar-refractivity contribution is 7.85. The van der Waals surface area contributed by atoms with Gasteiger partial charge in [0.15, 0.2) is 20.4 Å². The molecule has 3 aliphatic heterocycles. The van der Waals surface area contributed by atoms with E-state index in [0.29, 0.717) is 6.61 Å². The normalized spacial score (nSPS) is 27.2. The fraction of sp³-hybridized carbons (Fsp3) is 0.576. The number of benzene rings is 4. The Morgan fingerprint density at radius 2 is 1.24 bits per heavy atom. The smallest absolute Gasteiger partial charge is 0.264 e. The van der Waals surface area contributed by atoms with Gasteiger partial charge in [0, 0.05) is 18.8 Å². The maximum absolute atomic E-state index is 13.4. The fourth-order valence-electron chi connectivity index (χ4n) is 10.2. The first-order valence-corrected chi connectivity index (χ1v) is 31.5. The lowest BCUT2D eigenvalue weighted by Gasteiger charge is -2.53. The summed E-state index contributed by atoms with van der Waals surface area (Å²) in [7, 11) is -6.63. The van der Waals surface area contributed by atoms with Gasteiger partial charge >= 0.3 is 0 Å². The number of rotatable bonds is 25. The predicted octanol–water partition coefficient (Wildman–Crippen LogP) is 9.26. The summed E-state index contributed by atoms with van der Waals surface area (Å²) in [6.07, 6.45) is -6.05. The highest BCUT2D eigenvalue weighted by atomic mass is 32.2. The summed E-state index contributed by atoms with van der Waals surface area (Å²) in [4.78, 5) is 13.4. The summed E-state index contributed by atoms with van der Waals surface area (Å²) in [5.41, 5.74) is 3.82. The van der Waals surface area contributed by atoms with Crippen LogP contribution in [0.5, 0.6) is 0 Å². The highest BCUT2D eigenvalue weighted by Gasteiger charge is 2.55. The van der Waals surface area contributed by atoms with Crippen LogP contribution in [0.2, 0.25) is 18.1 Å². The first-order valence-electron chi connectivity index (χ1n) is 26.8. The van der Waals surface area contributed by atoms with Crippen molar-refractivity contribution in [2.45, 2.75) is 185 Å². The van der Waals surface area contributed by atoms with E-state index in [1.165, 1.54) is 6.92 Å². The van der Waals surface area contributed by atoms with Gasteiger partial charge in [-0.15, -0.1) is 0 Å². The predicted molar refractivity (Wildman–Crippen MR) is 291 cm³/mol. The molecule has 76 heavy (non-hydrogen) atoms. The Bertz CT molecular complexity index is 2480. The molecule has 3 aliphatic rings. The maximum atomic E-state index is 13.4. The van der Waals surface area contributed by atoms with Crippen molar-refractivity contribution in [1.29, 1.82) is 0 Å². The molecule has 0 spiro atoms. The van der Waals surface area contributed by atoms with Gasteiger partial charge in [0.2, 0.25) is 5.91 Å². The largest absolute Gasteiger partial charge is 0.414 e. The molecule has 3 fully saturated rings. The fourth-order valence-corrected chi connectivity index (χ4v) is 12.0. The number of carbonyl (C=O) groups is 1. The van der Waals surface area contributed by atoms with Gasteiger partial charge in [-0.2, -0.15) is 8.42 Å². The van der Waals surface area contributed by atoms with Crippen molar-refractivity contribution in [3.05, 3.63) is 144 Å². The van der Waals surface area contributed by atoms with E-state index >= 15 is 0 Å². The number of carbonyl (C=O) groups excluding carboxylic acids is 1. The molecule has 0 bridgehead atoms. The van der Waals surface area contributed by atoms with E-state index in [1.54, 1.807) is 0 Å². The van der Waals surface area contributed by atoms with Gasteiger partial charge in [-0.1, -0.05) is 142 Å². The summed E-state index contributed by atoms with van der Waals surface area (Å²) in [5.74, 6) is -2.59. The van der Waals surface area contributed by atoms with E-state index < -0.39 is 103 Å². The zero-order chi connectivity index (χ0) is 54.7. The number of hydrogen-bond donors (Lipinski definition) is 2. The van der Waals surface area contributed by atoms with Crippen molar-refractivity contribution in [3.63, 3.8) is 0 Å². The molecule has 3 saturated heterocycles. The van der Waals surface area contributed by atoms with Crippen molar-refractivity contribution >= 4 is 24.3 Å². The van der Waals surface area contributed by atoms with Crippen LogP contribution in [0.15, 0.2) is 121 Å². The highest BCUT2D eigenvalue weighted by Crippen LogP contribution is 2.45. The average molecular weight is 1090 g/mol. The zero-order valence-corrected chi connectivity index (χ0v) is 47.9. The van der Waals surface area contributed by atoms with Crippen LogP contribution >= 0.6 is 0 Å². The number of nitrogens with one attached hydrogen (secondary N) is 1. The van der Waals surface area contributed by atoms with Crippen molar-refractivity contribution < 1.29 is 64.8 Å². The molecule has 4 aromatic rings. The molecule has 0 radical (unpaired) electrons. The summed E-state index contributed by atoms with van der Waals surface area (Å²) >= 11 is 0. The van der Waals surface area contributed by atoms with E-state index in [-0.39, 0.29) is 63.2 Å². The van der Waals surface area contributed by atoms with Crippen LogP contribution in [0.1, 0.15) is 90.0 Å². The molecule has 13 atom stereocenters. The Labute approximate surface area is 452 Å². The van der Waals surface area contributed by atoms with E-state index in [1.807, 2.05) is 142 Å². The van der Waals surface area contributed by atoms with Gasteiger partial charge in [-0.05, 0) is 80.4 Å². The lowest BCUT2D eigenvalue weighted by atomic mass is 9.76. The Balaban J connectivity index is 1.33. The minimum atomic E-state index is -3.86.